The third kappa shape index (κ3) is 1.92. The van der Waals surface area contributed by atoms with Gasteiger partial charge in [-0.1, -0.05) is 0 Å². The van der Waals surface area contributed by atoms with Gasteiger partial charge in [0.1, 0.15) is 6.10 Å². The number of nitrogens with zero attached hydrogens (tertiary/aromatic N) is 3. The van der Waals surface area contributed by atoms with Crippen molar-refractivity contribution in [1.29, 1.82) is 0 Å². The van der Waals surface area contributed by atoms with Crippen molar-refractivity contribution in [1.82, 2.24) is 14.8 Å². The van der Waals surface area contributed by atoms with Gasteiger partial charge in [0.15, 0.2) is 11.9 Å². The van der Waals surface area contributed by atoms with E-state index in [4.69, 9.17) is 4.74 Å². The molecule has 0 aliphatic carbocycles. The number of aliphatic hydroxyl groups excluding tert-OH is 2. The van der Waals surface area contributed by atoms with Crippen LogP contribution >= 0.6 is 0 Å². The van der Waals surface area contributed by atoms with Gasteiger partial charge in [0.2, 0.25) is 5.91 Å². The zero-order chi connectivity index (χ0) is 15.3. The van der Waals surface area contributed by atoms with E-state index in [1.165, 1.54) is 6.08 Å². The Balaban J connectivity index is 1.84. The van der Waals surface area contributed by atoms with Gasteiger partial charge in [-0.15, -0.1) is 0 Å². The van der Waals surface area contributed by atoms with Crippen molar-refractivity contribution in [3.63, 3.8) is 0 Å². The normalized spacial score (nSPS) is 27.2. The molecule has 2 aliphatic rings. The molecule has 2 aromatic rings. The van der Waals surface area contributed by atoms with Crippen molar-refractivity contribution in [2.45, 2.75) is 24.9 Å². The van der Waals surface area contributed by atoms with Gasteiger partial charge in [0, 0.05) is 18.7 Å². The van der Waals surface area contributed by atoms with Crippen LogP contribution in [0.1, 0.15) is 18.3 Å². The van der Waals surface area contributed by atoms with Crippen molar-refractivity contribution < 1.29 is 19.7 Å². The molecule has 8 nitrogen and oxygen atoms in total. The van der Waals surface area contributed by atoms with Crippen molar-refractivity contribution in [2.24, 2.45) is 0 Å². The van der Waals surface area contributed by atoms with Crippen LogP contribution in [-0.4, -0.2) is 49.7 Å². The molecular formula is C14H14N4O4. The van der Waals surface area contributed by atoms with E-state index in [9.17, 15) is 15.0 Å². The van der Waals surface area contributed by atoms with Crippen LogP contribution in [0.15, 0.2) is 18.3 Å². The van der Waals surface area contributed by atoms with E-state index >= 15 is 0 Å². The number of aliphatic hydroxyl groups is 2. The Labute approximate surface area is 125 Å². The molecule has 3 atom stereocenters. The first kappa shape index (κ1) is 13.4. The minimum absolute atomic E-state index is 0.218. The zero-order valence-electron chi connectivity index (χ0n) is 11.5. The van der Waals surface area contributed by atoms with Crippen molar-refractivity contribution in [3.05, 3.63) is 24.0 Å². The number of rotatable bonds is 2. The number of hydrogen-bond donors (Lipinski definition) is 3. The molecule has 0 bridgehead atoms. The zero-order valence-corrected chi connectivity index (χ0v) is 11.5. The molecule has 1 saturated heterocycles. The van der Waals surface area contributed by atoms with E-state index in [1.807, 2.05) is 0 Å². The van der Waals surface area contributed by atoms with Crippen molar-refractivity contribution in [3.8, 4) is 0 Å². The molecule has 0 spiro atoms. The fourth-order valence-corrected chi connectivity index (χ4v) is 2.87. The smallest absolute Gasteiger partial charge is 0.248 e. The number of carbonyl (C=O) groups is 1. The highest BCUT2D eigenvalue weighted by molar-refractivity contribution is 6.11. The lowest BCUT2D eigenvalue weighted by molar-refractivity contribution is -0.111. The molecule has 22 heavy (non-hydrogen) atoms. The van der Waals surface area contributed by atoms with E-state index in [2.05, 4.69) is 15.4 Å². The molecule has 0 aromatic carbocycles. The first-order chi connectivity index (χ1) is 10.7. The Kier molecular flexibility index (Phi) is 2.96. The summed E-state index contributed by atoms with van der Waals surface area (Å²) < 4.78 is 7.23. The molecule has 1 amide bonds. The number of hydrogen-bond acceptors (Lipinski definition) is 6. The lowest BCUT2D eigenvalue weighted by Crippen LogP contribution is -2.24. The van der Waals surface area contributed by atoms with Gasteiger partial charge < -0.3 is 20.3 Å². The molecule has 0 saturated carbocycles. The van der Waals surface area contributed by atoms with Crippen LogP contribution in [0.25, 0.3) is 17.1 Å². The average Bonchev–Trinajstić information content (AvgIpc) is 3.01. The molecule has 8 heteroatoms. The number of ether oxygens (including phenoxy) is 1. The van der Waals surface area contributed by atoms with Crippen LogP contribution in [0.3, 0.4) is 0 Å². The van der Waals surface area contributed by atoms with Crippen LogP contribution in [0.2, 0.25) is 0 Å². The Hall–Kier alpha value is -2.29. The number of aromatic nitrogens is 3. The molecule has 1 fully saturated rings. The summed E-state index contributed by atoms with van der Waals surface area (Å²) >= 11 is 0. The standard InChI is InChI=1S/C14H14N4O4/c19-6-10-9(20)5-12(22-10)18-14-13-7(3-4-15-14)16-11(21)2-1-8(13)17-18/h1-4,9-10,12,19-20H,5-6H2,(H,16,21). The molecule has 3 N–H and O–H groups in total. The fraction of sp³-hybridized carbons (Fsp3) is 0.357. The summed E-state index contributed by atoms with van der Waals surface area (Å²) in [5, 5.41) is 27.0. The molecule has 4 heterocycles. The molecule has 0 radical (unpaired) electrons. The molecule has 114 valence electrons. The first-order valence-electron chi connectivity index (χ1n) is 6.98. The Morgan fingerprint density at radius 2 is 2.32 bits per heavy atom. The minimum atomic E-state index is -0.746. The first-order valence-corrected chi connectivity index (χ1v) is 6.98. The highest BCUT2D eigenvalue weighted by Gasteiger charge is 2.36. The van der Waals surface area contributed by atoms with E-state index in [0.717, 1.165) is 5.39 Å². The van der Waals surface area contributed by atoms with E-state index in [-0.39, 0.29) is 12.5 Å². The third-order valence-corrected chi connectivity index (χ3v) is 3.93. The fourth-order valence-electron chi connectivity index (χ4n) is 2.87. The largest absolute Gasteiger partial charge is 0.394 e. The van der Waals surface area contributed by atoms with Gasteiger partial charge in [-0.05, 0) is 12.1 Å². The van der Waals surface area contributed by atoms with Gasteiger partial charge >= 0.3 is 0 Å². The average molecular weight is 302 g/mol. The lowest BCUT2D eigenvalue weighted by atomic mass is 10.2. The molecule has 4 rings (SSSR count). The van der Waals surface area contributed by atoms with Crippen LogP contribution in [0.5, 0.6) is 0 Å². The number of amides is 1. The summed E-state index contributed by atoms with van der Waals surface area (Å²) in [6.07, 6.45) is 3.07. The highest BCUT2D eigenvalue weighted by atomic mass is 16.5. The van der Waals surface area contributed by atoms with E-state index < -0.39 is 18.4 Å². The molecule has 2 aromatic heterocycles. The predicted octanol–water partition coefficient (Wildman–Crippen LogP) is 0.0373. The van der Waals surface area contributed by atoms with Crippen molar-refractivity contribution in [2.75, 3.05) is 11.9 Å². The maximum atomic E-state index is 11.6. The number of carbonyl (C=O) groups excluding carboxylic acids is 1. The monoisotopic (exact) mass is 302 g/mol. The van der Waals surface area contributed by atoms with E-state index in [1.54, 1.807) is 23.0 Å². The number of nitrogens with one attached hydrogen (secondary N) is 1. The van der Waals surface area contributed by atoms with Gasteiger partial charge in [-0.3, -0.25) is 4.79 Å². The SMILES string of the molecule is O=C1C=Cc2nn(C3CC(O)C(CO)O3)c3nccc(c23)N1. The summed E-state index contributed by atoms with van der Waals surface area (Å²) in [6.45, 7) is -0.252. The second-order valence-electron chi connectivity index (χ2n) is 5.32. The van der Waals surface area contributed by atoms with Gasteiger partial charge in [-0.2, -0.15) is 5.10 Å². The molecular weight excluding hydrogens is 288 g/mol. The maximum Gasteiger partial charge on any atom is 0.248 e. The van der Waals surface area contributed by atoms with Crippen LogP contribution in [0, 0.1) is 0 Å². The van der Waals surface area contributed by atoms with Crippen LogP contribution < -0.4 is 5.32 Å². The summed E-state index contributed by atoms with van der Waals surface area (Å²) in [5.74, 6) is -0.218. The summed E-state index contributed by atoms with van der Waals surface area (Å²) in [5.41, 5.74) is 1.82. The third-order valence-electron chi connectivity index (χ3n) is 3.93. The van der Waals surface area contributed by atoms with Crippen molar-refractivity contribution >= 4 is 28.7 Å². The maximum absolute atomic E-state index is 11.6. The summed E-state index contributed by atoms with van der Waals surface area (Å²) in [4.78, 5) is 15.9. The molecule has 2 aliphatic heterocycles. The second kappa shape index (κ2) is 4.87. The van der Waals surface area contributed by atoms with Gasteiger partial charge in [0.05, 0.1) is 29.5 Å². The minimum Gasteiger partial charge on any atom is -0.394 e. The summed E-state index contributed by atoms with van der Waals surface area (Å²) in [7, 11) is 0. The number of pyridine rings is 1. The number of anilines is 1. The lowest BCUT2D eigenvalue weighted by Gasteiger charge is -2.13. The van der Waals surface area contributed by atoms with E-state index in [0.29, 0.717) is 23.4 Å². The highest BCUT2D eigenvalue weighted by Crippen LogP contribution is 2.34. The Morgan fingerprint density at radius 1 is 1.45 bits per heavy atom. The second-order valence-corrected chi connectivity index (χ2v) is 5.32. The van der Waals surface area contributed by atoms with Crippen LogP contribution in [0.4, 0.5) is 5.69 Å². The van der Waals surface area contributed by atoms with Gasteiger partial charge in [0.25, 0.3) is 0 Å². The summed E-state index contributed by atoms with van der Waals surface area (Å²) in [6, 6.07) is 1.71. The predicted molar refractivity (Wildman–Crippen MR) is 76.8 cm³/mol. The molecule has 3 unspecified atom stereocenters. The van der Waals surface area contributed by atoms with Gasteiger partial charge in [-0.25, -0.2) is 9.67 Å². The Bertz CT molecular complexity index is 784. The topological polar surface area (TPSA) is 110 Å². The van der Waals surface area contributed by atoms with Crippen LogP contribution in [-0.2, 0) is 9.53 Å². The quantitative estimate of drug-likeness (QED) is 0.722. The Morgan fingerprint density at radius 3 is 3.09 bits per heavy atom.